The van der Waals surface area contributed by atoms with Gasteiger partial charge in [-0.25, -0.2) is 0 Å². The Kier molecular flexibility index (Phi) is 1.64. The predicted molar refractivity (Wildman–Crippen MR) is 30.0 cm³/mol. The van der Waals surface area contributed by atoms with Gasteiger partial charge < -0.3 is 0 Å². The molecule has 8 heavy (non-hydrogen) atoms. The molecule has 0 amide bonds. The maximum atomic E-state index is 2.27. The van der Waals surface area contributed by atoms with E-state index in [1.54, 1.807) is 11.1 Å². The molecule has 0 aliphatic heterocycles. The van der Waals surface area contributed by atoms with Crippen LogP contribution in [0.3, 0.4) is 0 Å². The van der Waals surface area contributed by atoms with Gasteiger partial charge in [0.15, 0.2) is 0 Å². The molecule has 0 nitrogen and oxygen atoms in total. The van der Waals surface area contributed by atoms with Crippen LogP contribution in [0, 0.1) is 5.92 Å². The van der Waals surface area contributed by atoms with Crippen LogP contribution in [0.15, 0.2) is 11.1 Å². The van der Waals surface area contributed by atoms with Crippen LogP contribution in [0.5, 0.6) is 0 Å². The standard InChI is InChI=1S/C7H10.Ti/c1-5-4-6-2-3-7(5)6;/h6H,2-4H2,1H3;. The van der Waals surface area contributed by atoms with Crippen LogP contribution >= 0.6 is 0 Å². The monoisotopic (exact) mass is 142 g/mol. The van der Waals surface area contributed by atoms with Crippen molar-refractivity contribution in [3.05, 3.63) is 11.1 Å². The maximum absolute atomic E-state index is 2.27. The minimum Gasteiger partial charge on any atom is -0.0732 e. The summed E-state index contributed by atoms with van der Waals surface area (Å²) in [7, 11) is 0. The van der Waals surface area contributed by atoms with Gasteiger partial charge in [-0.2, -0.15) is 0 Å². The number of hydrogen-bond acceptors (Lipinski definition) is 0. The molecule has 1 atom stereocenters. The van der Waals surface area contributed by atoms with Crippen LogP contribution in [0.1, 0.15) is 26.2 Å². The Labute approximate surface area is 65.2 Å². The Bertz CT molecular complexity index is 135. The molecule has 42 valence electrons. The van der Waals surface area contributed by atoms with Crippen LogP contribution in [0.25, 0.3) is 0 Å². The SMILES string of the molecule is CC1=C2CCC2C1.[Ti]. The van der Waals surface area contributed by atoms with Crippen molar-refractivity contribution < 1.29 is 21.7 Å². The number of allylic oxidation sites excluding steroid dienone is 2. The minimum atomic E-state index is 0. The maximum Gasteiger partial charge on any atom is 0 e. The smallest absolute Gasteiger partial charge is 0 e. The van der Waals surface area contributed by atoms with Gasteiger partial charge in [-0.15, -0.1) is 0 Å². The second-order valence-corrected chi connectivity index (χ2v) is 2.75. The summed E-state index contributed by atoms with van der Waals surface area (Å²) in [5.41, 5.74) is 3.48. The van der Waals surface area contributed by atoms with Gasteiger partial charge in [0.1, 0.15) is 0 Å². The molecule has 2 aliphatic carbocycles. The Morgan fingerprint density at radius 1 is 1.50 bits per heavy atom. The Hall–Kier alpha value is 0.454. The third-order valence-electron chi connectivity index (χ3n) is 2.36. The molecule has 1 unspecified atom stereocenters. The summed E-state index contributed by atoms with van der Waals surface area (Å²) in [6.45, 7) is 2.27. The van der Waals surface area contributed by atoms with Crippen molar-refractivity contribution in [1.29, 1.82) is 0 Å². The Morgan fingerprint density at radius 3 is 2.25 bits per heavy atom. The van der Waals surface area contributed by atoms with Gasteiger partial charge in [0.2, 0.25) is 0 Å². The zero-order valence-corrected chi connectivity index (χ0v) is 6.76. The molecule has 1 heteroatoms. The summed E-state index contributed by atoms with van der Waals surface area (Å²) in [5.74, 6) is 1.07. The molecule has 0 aromatic carbocycles. The molecule has 2 rings (SSSR count). The molecule has 0 heterocycles. The van der Waals surface area contributed by atoms with Crippen molar-refractivity contribution in [3.8, 4) is 0 Å². The Morgan fingerprint density at radius 2 is 2.25 bits per heavy atom. The van der Waals surface area contributed by atoms with Crippen LogP contribution in [-0.4, -0.2) is 0 Å². The van der Waals surface area contributed by atoms with Gasteiger partial charge >= 0.3 is 0 Å². The van der Waals surface area contributed by atoms with Crippen molar-refractivity contribution >= 4 is 0 Å². The van der Waals surface area contributed by atoms with Gasteiger partial charge in [-0.3, -0.25) is 0 Å². The van der Waals surface area contributed by atoms with Crippen molar-refractivity contribution in [2.75, 3.05) is 0 Å². The van der Waals surface area contributed by atoms with Gasteiger partial charge in [0.05, 0.1) is 0 Å². The number of rotatable bonds is 0. The fourth-order valence-electron chi connectivity index (χ4n) is 1.65. The number of fused-ring (bicyclic) bond motifs is 1. The van der Waals surface area contributed by atoms with Gasteiger partial charge in [0.25, 0.3) is 0 Å². The largest absolute Gasteiger partial charge is 0.0732 e. The van der Waals surface area contributed by atoms with Crippen molar-refractivity contribution in [2.45, 2.75) is 26.2 Å². The summed E-state index contributed by atoms with van der Waals surface area (Å²) < 4.78 is 0. The number of hydrogen-bond donors (Lipinski definition) is 0. The molecule has 0 N–H and O–H groups in total. The second kappa shape index (κ2) is 2.00. The Balaban J connectivity index is 0.000000320. The van der Waals surface area contributed by atoms with Crippen molar-refractivity contribution in [2.24, 2.45) is 5.92 Å². The van der Waals surface area contributed by atoms with E-state index < -0.39 is 0 Å². The van der Waals surface area contributed by atoms with E-state index in [0.29, 0.717) is 0 Å². The first-order valence-electron chi connectivity index (χ1n) is 3.06. The first kappa shape index (κ1) is 6.57. The van der Waals surface area contributed by atoms with E-state index in [2.05, 4.69) is 6.92 Å². The zero-order chi connectivity index (χ0) is 4.85. The van der Waals surface area contributed by atoms with Gasteiger partial charge in [0, 0.05) is 21.7 Å². The average Bonchev–Trinajstić information content (AvgIpc) is 1.59. The normalized spacial score (nSPS) is 31.9. The minimum absolute atomic E-state index is 0. The van der Waals surface area contributed by atoms with E-state index in [-0.39, 0.29) is 21.7 Å². The quantitative estimate of drug-likeness (QED) is 0.359. The van der Waals surface area contributed by atoms with Crippen molar-refractivity contribution in [3.63, 3.8) is 0 Å². The van der Waals surface area contributed by atoms with E-state index in [9.17, 15) is 0 Å². The topological polar surface area (TPSA) is 0 Å². The molecule has 2 aliphatic rings. The molecule has 0 radical (unpaired) electrons. The first-order valence-corrected chi connectivity index (χ1v) is 3.06. The molecule has 0 aromatic heterocycles. The third-order valence-corrected chi connectivity index (χ3v) is 2.36. The molecule has 1 saturated carbocycles. The summed E-state index contributed by atoms with van der Waals surface area (Å²) in [5, 5.41) is 0. The summed E-state index contributed by atoms with van der Waals surface area (Å²) in [4.78, 5) is 0. The van der Waals surface area contributed by atoms with Gasteiger partial charge in [-0.1, -0.05) is 11.1 Å². The molecule has 0 spiro atoms. The summed E-state index contributed by atoms with van der Waals surface area (Å²) >= 11 is 0. The average molecular weight is 142 g/mol. The van der Waals surface area contributed by atoms with Crippen LogP contribution in [0.2, 0.25) is 0 Å². The second-order valence-electron chi connectivity index (χ2n) is 2.75. The van der Waals surface area contributed by atoms with E-state index in [1.165, 1.54) is 19.3 Å². The van der Waals surface area contributed by atoms with Crippen molar-refractivity contribution in [1.82, 2.24) is 0 Å². The first-order chi connectivity index (χ1) is 3.38. The fourth-order valence-corrected chi connectivity index (χ4v) is 1.65. The molecular formula is C7H10Ti. The molecule has 0 bridgehead atoms. The van der Waals surface area contributed by atoms with E-state index >= 15 is 0 Å². The van der Waals surface area contributed by atoms with Crippen LogP contribution in [0.4, 0.5) is 0 Å². The predicted octanol–water partition coefficient (Wildman–Crippen LogP) is 2.11. The summed E-state index contributed by atoms with van der Waals surface area (Å²) in [6, 6.07) is 0. The zero-order valence-electron chi connectivity index (χ0n) is 5.20. The third kappa shape index (κ3) is 0.630. The molecule has 0 saturated heterocycles. The fraction of sp³-hybridized carbons (Fsp3) is 0.714. The molecular weight excluding hydrogens is 132 g/mol. The van der Waals surface area contributed by atoms with E-state index in [1.807, 2.05) is 0 Å². The molecule has 1 fully saturated rings. The van der Waals surface area contributed by atoms with Crippen LogP contribution in [-0.2, 0) is 21.7 Å². The molecule has 0 aromatic rings. The van der Waals surface area contributed by atoms with E-state index in [0.717, 1.165) is 5.92 Å². The summed E-state index contributed by atoms with van der Waals surface area (Å²) in [6.07, 6.45) is 4.35. The van der Waals surface area contributed by atoms with Gasteiger partial charge in [-0.05, 0) is 32.1 Å². The van der Waals surface area contributed by atoms with Crippen LogP contribution < -0.4 is 0 Å². The van der Waals surface area contributed by atoms with E-state index in [4.69, 9.17) is 0 Å².